The van der Waals surface area contributed by atoms with Crippen LogP contribution in [0.2, 0.25) is 10.0 Å². The summed E-state index contributed by atoms with van der Waals surface area (Å²) in [6.07, 6.45) is -5.25. The van der Waals surface area contributed by atoms with Crippen molar-refractivity contribution in [1.29, 1.82) is 0 Å². The number of carbonyl (C=O) groups excluding carboxylic acids is 1. The van der Waals surface area contributed by atoms with E-state index in [0.717, 1.165) is 0 Å². The fraction of sp³-hybridized carbons (Fsp3) is 0.462. The second-order valence-electron chi connectivity index (χ2n) is 4.81. The monoisotopic (exact) mass is 325 g/mol. The predicted octanol–water partition coefficient (Wildman–Crippen LogP) is 3.65. The van der Waals surface area contributed by atoms with Gasteiger partial charge in [0.25, 0.3) is 0 Å². The summed E-state index contributed by atoms with van der Waals surface area (Å²) in [4.78, 5) is 12.2. The molecule has 1 unspecified atom stereocenters. The van der Waals surface area contributed by atoms with Crippen LogP contribution in [0.5, 0.6) is 0 Å². The van der Waals surface area contributed by atoms with Crippen LogP contribution in [0.3, 0.4) is 0 Å². The molecule has 0 aromatic heterocycles. The number of rotatable bonds is 3. The van der Waals surface area contributed by atoms with Crippen LogP contribution in [-0.2, 0) is 11.2 Å². The Hall–Kier alpha value is -0.780. The van der Waals surface area contributed by atoms with Crippen molar-refractivity contribution in [3.63, 3.8) is 0 Å². The standard InChI is InChI=1S/C13H12Cl2F3NO/c14-9-2-1-3-10(15)8(9)6-11(20)12(13(16,17)18)4-5-19-7-12/h1-3,19H,4-7H2. The van der Waals surface area contributed by atoms with Crippen LogP contribution in [0, 0.1) is 5.41 Å². The Labute approximate surface area is 124 Å². The maximum absolute atomic E-state index is 13.2. The largest absolute Gasteiger partial charge is 0.402 e. The lowest BCUT2D eigenvalue weighted by atomic mass is 9.79. The Morgan fingerprint density at radius 2 is 1.90 bits per heavy atom. The lowest BCUT2D eigenvalue weighted by Gasteiger charge is -2.29. The molecular formula is C13H12Cl2F3NO. The molecule has 7 heteroatoms. The van der Waals surface area contributed by atoms with Gasteiger partial charge in [-0.25, -0.2) is 0 Å². The fourth-order valence-electron chi connectivity index (χ4n) is 2.36. The lowest BCUT2D eigenvalue weighted by molar-refractivity contribution is -0.214. The zero-order valence-corrected chi connectivity index (χ0v) is 11.9. The Balaban J connectivity index is 2.31. The Morgan fingerprint density at radius 3 is 2.35 bits per heavy atom. The van der Waals surface area contributed by atoms with Gasteiger partial charge in [-0.15, -0.1) is 0 Å². The van der Waals surface area contributed by atoms with Crippen molar-refractivity contribution in [2.45, 2.75) is 19.0 Å². The number of benzene rings is 1. The molecule has 2 rings (SSSR count). The molecule has 1 heterocycles. The van der Waals surface area contributed by atoms with E-state index >= 15 is 0 Å². The van der Waals surface area contributed by atoms with Gasteiger partial charge in [0.2, 0.25) is 0 Å². The van der Waals surface area contributed by atoms with Crippen molar-refractivity contribution < 1.29 is 18.0 Å². The molecule has 2 nitrogen and oxygen atoms in total. The van der Waals surface area contributed by atoms with Gasteiger partial charge in [-0.05, 0) is 30.7 Å². The first-order valence-corrected chi connectivity index (χ1v) is 6.77. The van der Waals surface area contributed by atoms with Crippen molar-refractivity contribution in [3.8, 4) is 0 Å². The molecule has 110 valence electrons. The number of carbonyl (C=O) groups is 1. The summed E-state index contributed by atoms with van der Waals surface area (Å²) in [7, 11) is 0. The maximum atomic E-state index is 13.2. The molecule has 0 amide bonds. The second kappa shape index (κ2) is 5.54. The van der Waals surface area contributed by atoms with Crippen LogP contribution in [0.15, 0.2) is 18.2 Å². The van der Waals surface area contributed by atoms with Gasteiger partial charge in [0.15, 0.2) is 5.78 Å². The van der Waals surface area contributed by atoms with Crippen LogP contribution in [-0.4, -0.2) is 25.0 Å². The molecule has 0 spiro atoms. The minimum atomic E-state index is -4.58. The molecule has 0 radical (unpaired) electrons. The first kappa shape index (κ1) is 15.6. The van der Waals surface area contributed by atoms with Gasteiger partial charge >= 0.3 is 6.18 Å². The van der Waals surface area contributed by atoms with E-state index in [0.29, 0.717) is 0 Å². The van der Waals surface area contributed by atoms with Crippen LogP contribution in [0.4, 0.5) is 13.2 Å². The first-order chi connectivity index (χ1) is 9.28. The van der Waals surface area contributed by atoms with Crippen molar-refractivity contribution in [3.05, 3.63) is 33.8 Å². The highest BCUT2D eigenvalue weighted by Gasteiger charge is 2.60. The highest BCUT2D eigenvalue weighted by atomic mass is 35.5. The molecule has 0 saturated carbocycles. The fourth-order valence-corrected chi connectivity index (χ4v) is 2.89. The number of alkyl halides is 3. The number of halogens is 5. The molecule has 1 N–H and O–H groups in total. The minimum absolute atomic E-state index is 0.168. The molecule has 1 aliphatic rings. The normalized spacial score (nSPS) is 23.1. The van der Waals surface area contributed by atoms with Crippen molar-refractivity contribution in [2.24, 2.45) is 5.41 Å². The van der Waals surface area contributed by atoms with Crippen molar-refractivity contribution >= 4 is 29.0 Å². The van der Waals surface area contributed by atoms with E-state index in [-0.39, 0.29) is 28.6 Å². The average Bonchev–Trinajstić information content (AvgIpc) is 2.83. The predicted molar refractivity (Wildman–Crippen MR) is 71.1 cm³/mol. The van der Waals surface area contributed by atoms with Gasteiger partial charge in [0.1, 0.15) is 5.41 Å². The lowest BCUT2D eigenvalue weighted by Crippen LogP contribution is -2.47. The van der Waals surface area contributed by atoms with Gasteiger partial charge in [-0.1, -0.05) is 29.3 Å². The smallest absolute Gasteiger partial charge is 0.315 e. The van der Waals surface area contributed by atoms with Gasteiger partial charge in [0.05, 0.1) is 0 Å². The highest BCUT2D eigenvalue weighted by Crippen LogP contribution is 2.45. The van der Waals surface area contributed by atoms with E-state index in [4.69, 9.17) is 23.2 Å². The average molecular weight is 326 g/mol. The van der Waals surface area contributed by atoms with Crippen molar-refractivity contribution in [1.82, 2.24) is 5.32 Å². The van der Waals surface area contributed by atoms with E-state index in [1.165, 1.54) is 12.1 Å². The number of Topliss-reactive ketones (excluding diaryl/α,β-unsaturated/α-hetero) is 1. The molecule has 1 aromatic rings. The minimum Gasteiger partial charge on any atom is -0.315 e. The van der Waals surface area contributed by atoms with Crippen LogP contribution < -0.4 is 5.32 Å². The maximum Gasteiger partial charge on any atom is 0.402 e. The van der Waals surface area contributed by atoms with Crippen LogP contribution in [0.1, 0.15) is 12.0 Å². The molecule has 1 fully saturated rings. The quantitative estimate of drug-likeness (QED) is 0.919. The number of hydrogen-bond acceptors (Lipinski definition) is 2. The Morgan fingerprint density at radius 1 is 1.30 bits per heavy atom. The molecule has 0 aliphatic carbocycles. The molecule has 20 heavy (non-hydrogen) atoms. The third kappa shape index (κ3) is 2.67. The van der Waals surface area contributed by atoms with Gasteiger partial charge in [-0.3, -0.25) is 4.79 Å². The summed E-state index contributed by atoms with van der Waals surface area (Å²) in [5.41, 5.74) is -2.09. The summed E-state index contributed by atoms with van der Waals surface area (Å²) in [5, 5.41) is 3.01. The topological polar surface area (TPSA) is 29.1 Å². The van der Waals surface area contributed by atoms with Gasteiger partial charge < -0.3 is 5.32 Å². The summed E-state index contributed by atoms with van der Waals surface area (Å²) in [6, 6.07) is 4.59. The molecule has 1 aromatic carbocycles. The molecule has 1 atom stereocenters. The first-order valence-electron chi connectivity index (χ1n) is 6.01. The molecular weight excluding hydrogens is 314 g/mol. The Bertz CT molecular complexity index is 505. The number of ketones is 1. The molecule has 0 bridgehead atoms. The zero-order valence-electron chi connectivity index (χ0n) is 10.4. The van der Waals surface area contributed by atoms with E-state index in [2.05, 4.69) is 5.32 Å². The van der Waals surface area contributed by atoms with Crippen LogP contribution >= 0.6 is 23.2 Å². The third-order valence-electron chi connectivity index (χ3n) is 3.63. The van der Waals surface area contributed by atoms with Gasteiger partial charge in [0, 0.05) is 23.0 Å². The van der Waals surface area contributed by atoms with E-state index in [1.807, 2.05) is 0 Å². The summed E-state index contributed by atoms with van der Waals surface area (Å²) >= 11 is 11.8. The van der Waals surface area contributed by atoms with E-state index < -0.39 is 30.3 Å². The van der Waals surface area contributed by atoms with E-state index in [9.17, 15) is 18.0 Å². The summed E-state index contributed by atoms with van der Waals surface area (Å²) in [6.45, 7) is -0.223. The molecule has 1 aliphatic heterocycles. The SMILES string of the molecule is O=C(Cc1c(Cl)cccc1Cl)C1(C(F)(F)F)CCNC1. The van der Waals surface area contributed by atoms with E-state index in [1.54, 1.807) is 6.07 Å². The number of hydrogen-bond donors (Lipinski definition) is 1. The molecule has 1 saturated heterocycles. The zero-order chi connectivity index (χ0) is 15.0. The second-order valence-corrected chi connectivity index (χ2v) is 5.62. The van der Waals surface area contributed by atoms with Crippen molar-refractivity contribution in [2.75, 3.05) is 13.1 Å². The summed E-state index contributed by atoms with van der Waals surface area (Å²) < 4.78 is 39.7. The Kier molecular flexibility index (Phi) is 4.33. The number of nitrogens with one attached hydrogen (secondary N) is 1. The van der Waals surface area contributed by atoms with Gasteiger partial charge in [-0.2, -0.15) is 13.2 Å². The summed E-state index contributed by atoms with van der Waals surface area (Å²) in [5.74, 6) is -0.898. The third-order valence-corrected chi connectivity index (χ3v) is 4.34. The van der Waals surface area contributed by atoms with Crippen LogP contribution in [0.25, 0.3) is 0 Å². The highest BCUT2D eigenvalue weighted by molar-refractivity contribution is 6.36.